The summed E-state index contributed by atoms with van der Waals surface area (Å²) in [5.74, 6) is -4.05. The summed E-state index contributed by atoms with van der Waals surface area (Å²) in [4.78, 5) is 50.6. The molecule has 0 aromatic carbocycles. The molecule has 2 aliphatic carbocycles. The fourth-order valence-corrected chi connectivity index (χ4v) is 7.06. The van der Waals surface area contributed by atoms with Crippen LogP contribution in [0.3, 0.4) is 0 Å². The van der Waals surface area contributed by atoms with Gasteiger partial charge in [-0.25, -0.2) is 0 Å². The molecule has 212 valence electrons. The topological polar surface area (TPSA) is 138 Å². The Morgan fingerprint density at radius 2 is 1.76 bits per heavy atom. The third-order valence-electron chi connectivity index (χ3n) is 9.15. The molecule has 0 bridgehead atoms. The lowest BCUT2D eigenvalue weighted by atomic mass is 9.53. The Hall–Kier alpha value is -2.46. The van der Waals surface area contributed by atoms with Crippen molar-refractivity contribution in [3.63, 3.8) is 0 Å². The van der Waals surface area contributed by atoms with E-state index < -0.39 is 76.7 Å². The van der Waals surface area contributed by atoms with Crippen molar-refractivity contribution in [3.05, 3.63) is 11.6 Å². The van der Waals surface area contributed by atoms with E-state index in [9.17, 15) is 24.3 Å². The third kappa shape index (κ3) is 4.53. The Kier molecular flexibility index (Phi) is 7.46. The number of carbonyl (C=O) groups excluding carboxylic acids is 4. The predicted octanol–water partition coefficient (Wildman–Crippen LogP) is 2.78. The normalized spacial score (nSPS) is 45.2. The van der Waals surface area contributed by atoms with E-state index >= 15 is 0 Å². The van der Waals surface area contributed by atoms with Gasteiger partial charge in [0, 0.05) is 32.6 Å². The van der Waals surface area contributed by atoms with Crippen molar-refractivity contribution in [1.29, 1.82) is 0 Å². The lowest BCUT2D eigenvalue weighted by Gasteiger charge is -2.55. The van der Waals surface area contributed by atoms with E-state index in [2.05, 4.69) is 0 Å². The minimum Gasteiger partial charge on any atom is -0.462 e. The number of hydrogen-bond acceptors (Lipinski definition) is 10. The van der Waals surface area contributed by atoms with Gasteiger partial charge in [0.05, 0.1) is 23.0 Å². The Labute approximate surface area is 223 Å². The van der Waals surface area contributed by atoms with Crippen LogP contribution in [0.25, 0.3) is 0 Å². The molecule has 0 amide bonds. The first kappa shape index (κ1) is 28.5. The second kappa shape index (κ2) is 9.93. The fourth-order valence-electron chi connectivity index (χ4n) is 7.06. The highest BCUT2D eigenvalue weighted by Crippen LogP contribution is 2.64. The molecule has 0 spiro atoms. The fraction of sp³-hybridized carbons (Fsp3) is 0.786. The van der Waals surface area contributed by atoms with Crippen molar-refractivity contribution < 1.29 is 48.0 Å². The first-order chi connectivity index (χ1) is 17.7. The van der Waals surface area contributed by atoms with Crippen molar-refractivity contribution in [1.82, 2.24) is 0 Å². The van der Waals surface area contributed by atoms with Crippen LogP contribution in [0, 0.1) is 17.3 Å². The number of carbonyl (C=O) groups is 4. The van der Waals surface area contributed by atoms with Crippen LogP contribution in [0.15, 0.2) is 11.6 Å². The summed E-state index contributed by atoms with van der Waals surface area (Å²) in [6, 6.07) is 0. The number of rotatable bonds is 5. The zero-order valence-electron chi connectivity index (χ0n) is 23.3. The molecule has 38 heavy (non-hydrogen) atoms. The smallest absolute Gasteiger partial charge is 0.312 e. The number of ether oxygens (including phenoxy) is 5. The van der Waals surface area contributed by atoms with Gasteiger partial charge in [0.15, 0.2) is 11.7 Å². The minimum absolute atomic E-state index is 0.208. The van der Waals surface area contributed by atoms with E-state index in [0.29, 0.717) is 25.7 Å². The molecule has 0 aromatic heterocycles. The minimum atomic E-state index is -1.96. The van der Waals surface area contributed by atoms with Crippen LogP contribution in [0.5, 0.6) is 0 Å². The van der Waals surface area contributed by atoms with Crippen LogP contribution in [0.1, 0.15) is 80.6 Å². The van der Waals surface area contributed by atoms with Crippen LogP contribution in [-0.4, -0.2) is 70.7 Å². The highest BCUT2D eigenvalue weighted by molar-refractivity contribution is 5.78. The van der Waals surface area contributed by atoms with Crippen molar-refractivity contribution in [2.75, 3.05) is 0 Å². The monoisotopic (exact) mass is 536 g/mol. The van der Waals surface area contributed by atoms with Crippen molar-refractivity contribution in [2.45, 2.75) is 122 Å². The van der Waals surface area contributed by atoms with Crippen LogP contribution in [0.4, 0.5) is 0 Å². The van der Waals surface area contributed by atoms with Gasteiger partial charge in [0.1, 0.15) is 18.3 Å². The highest BCUT2D eigenvalue weighted by atomic mass is 16.6. The van der Waals surface area contributed by atoms with E-state index in [-0.39, 0.29) is 12.5 Å². The van der Waals surface area contributed by atoms with E-state index in [1.54, 1.807) is 13.0 Å². The SMILES string of the molecule is CCCC(=O)O[C@H]1CC/C(C)=C\[C@@H]2OC(=O)[C@H](C)[C@@]2(O)[C@H](OC(C)=O)[C@H]2[C@]3(C)O[C@@H]3C[C@H](OC(C)=O)[C@]12C. The van der Waals surface area contributed by atoms with Gasteiger partial charge in [0.2, 0.25) is 0 Å². The van der Waals surface area contributed by atoms with Gasteiger partial charge in [-0.1, -0.05) is 19.4 Å². The molecule has 10 nitrogen and oxygen atoms in total. The van der Waals surface area contributed by atoms with Crippen molar-refractivity contribution >= 4 is 23.9 Å². The summed E-state index contributed by atoms with van der Waals surface area (Å²) in [6.07, 6.45) is -0.603. The molecule has 0 radical (unpaired) electrons. The van der Waals surface area contributed by atoms with Gasteiger partial charge in [-0.3, -0.25) is 19.2 Å². The van der Waals surface area contributed by atoms with Gasteiger partial charge in [-0.2, -0.15) is 0 Å². The maximum absolute atomic E-state index is 12.9. The molecular weight excluding hydrogens is 496 g/mol. The summed E-state index contributed by atoms with van der Waals surface area (Å²) in [7, 11) is 0. The standard InChI is InChI=1S/C28H40O10/c1-8-9-22(31)36-18-11-10-14(2)12-21-28(33,15(3)25(32)37-21)24(35-17(5)30)23-26(18,6)19(34-16(4)29)13-20-27(23,7)38-20/h12,15,18-21,23-24,33H,8-11,13H2,1-7H3/b14-12-/t15-,18-,19-,20+,21-,23+,24+,26-,27+,28-/m0/s1. The summed E-state index contributed by atoms with van der Waals surface area (Å²) in [5, 5.41) is 12.4. The average Bonchev–Trinajstić information content (AvgIpc) is 3.42. The second-order valence-corrected chi connectivity index (χ2v) is 11.7. The van der Waals surface area contributed by atoms with Gasteiger partial charge in [-0.05, 0) is 46.1 Å². The van der Waals surface area contributed by atoms with Crippen LogP contribution in [0.2, 0.25) is 0 Å². The molecule has 10 heteroatoms. The molecule has 2 aliphatic heterocycles. The second-order valence-electron chi connectivity index (χ2n) is 11.7. The summed E-state index contributed by atoms with van der Waals surface area (Å²) in [6.45, 7) is 11.5. The lowest BCUT2D eigenvalue weighted by Crippen LogP contribution is -2.69. The van der Waals surface area contributed by atoms with Crippen LogP contribution in [-0.2, 0) is 42.9 Å². The highest BCUT2D eigenvalue weighted by Gasteiger charge is 2.77. The Morgan fingerprint density at radius 1 is 1.11 bits per heavy atom. The van der Waals surface area contributed by atoms with Crippen molar-refractivity contribution in [3.8, 4) is 0 Å². The van der Waals surface area contributed by atoms with Crippen LogP contribution >= 0.6 is 0 Å². The van der Waals surface area contributed by atoms with E-state index in [0.717, 1.165) is 5.57 Å². The van der Waals surface area contributed by atoms with E-state index in [1.165, 1.54) is 13.8 Å². The average molecular weight is 537 g/mol. The molecule has 4 aliphatic rings. The molecule has 2 heterocycles. The Bertz CT molecular complexity index is 1040. The Morgan fingerprint density at radius 3 is 2.37 bits per heavy atom. The lowest BCUT2D eigenvalue weighted by molar-refractivity contribution is -0.234. The molecule has 3 fully saturated rings. The summed E-state index contributed by atoms with van der Waals surface area (Å²) >= 11 is 0. The first-order valence-corrected chi connectivity index (χ1v) is 13.5. The molecular formula is C28H40O10. The van der Waals surface area contributed by atoms with Crippen molar-refractivity contribution in [2.24, 2.45) is 17.3 Å². The largest absolute Gasteiger partial charge is 0.462 e. The molecule has 1 N–H and O–H groups in total. The molecule has 1 saturated carbocycles. The van der Waals surface area contributed by atoms with Crippen LogP contribution < -0.4 is 0 Å². The zero-order valence-corrected chi connectivity index (χ0v) is 23.3. The molecule has 0 aromatic rings. The molecule has 0 unspecified atom stereocenters. The predicted molar refractivity (Wildman–Crippen MR) is 132 cm³/mol. The number of esters is 4. The number of epoxide rings is 1. The molecule has 4 rings (SSSR count). The molecule has 10 atom stereocenters. The maximum Gasteiger partial charge on any atom is 0.312 e. The quantitative estimate of drug-likeness (QED) is 0.242. The number of fused-ring (bicyclic) bond motifs is 4. The first-order valence-electron chi connectivity index (χ1n) is 13.5. The van der Waals surface area contributed by atoms with Gasteiger partial charge in [-0.15, -0.1) is 0 Å². The maximum atomic E-state index is 12.9. The van der Waals surface area contributed by atoms with Gasteiger partial charge >= 0.3 is 23.9 Å². The molecule has 2 saturated heterocycles. The zero-order chi connectivity index (χ0) is 28.2. The Balaban J connectivity index is 1.98. The third-order valence-corrected chi connectivity index (χ3v) is 9.15. The van der Waals surface area contributed by atoms with Gasteiger partial charge in [0.25, 0.3) is 0 Å². The van der Waals surface area contributed by atoms with E-state index in [4.69, 9.17) is 23.7 Å². The summed E-state index contributed by atoms with van der Waals surface area (Å²) in [5.41, 5.74) is -3.21. The van der Waals surface area contributed by atoms with Gasteiger partial charge < -0.3 is 28.8 Å². The number of allylic oxidation sites excluding steroid dienone is 1. The van der Waals surface area contributed by atoms with E-state index in [1.807, 2.05) is 27.7 Å². The number of hydrogen-bond donors (Lipinski definition) is 1. The summed E-state index contributed by atoms with van der Waals surface area (Å²) < 4.78 is 29.8. The number of aliphatic hydroxyl groups is 1.